The summed E-state index contributed by atoms with van der Waals surface area (Å²) in [6, 6.07) is 11.3. The number of carboxylic acid groups (broad SMARTS) is 1. The zero-order valence-corrected chi connectivity index (χ0v) is 15.1. The number of ether oxygens (including phenoxy) is 2. The van der Waals surface area contributed by atoms with Crippen molar-refractivity contribution in [1.29, 1.82) is 0 Å². The summed E-state index contributed by atoms with van der Waals surface area (Å²) >= 11 is 0. The Hall–Kier alpha value is -1.63. The van der Waals surface area contributed by atoms with E-state index in [1.165, 1.54) is 5.56 Å². The van der Waals surface area contributed by atoms with Gasteiger partial charge in [0, 0.05) is 31.7 Å². The zero-order valence-electron chi connectivity index (χ0n) is 15.1. The number of nitrogens with zero attached hydrogens (tertiary/aromatic N) is 2. The molecule has 3 aliphatic rings. The highest BCUT2D eigenvalue weighted by molar-refractivity contribution is 5.65. The fourth-order valence-corrected chi connectivity index (χ4v) is 4.73. The Balaban J connectivity index is 1.43. The van der Waals surface area contributed by atoms with Crippen molar-refractivity contribution in [1.82, 2.24) is 9.80 Å². The molecule has 0 spiro atoms. The molecule has 142 valence electrons. The van der Waals surface area contributed by atoms with Gasteiger partial charge in [0.2, 0.25) is 0 Å². The van der Waals surface area contributed by atoms with Gasteiger partial charge in [0.25, 0.3) is 0 Å². The fraction of sp³-hybridized carbons (Fsp3) is 0.650. The van der Waals surface area contributed by atoms with Crippen LogP contribution in [0.1, 0.15) is 31.2 Å². The molecule has 0 bridgehead atoms. The molecular weight excluding hydrogens is 332 g/mol. The lowest BCUT2D eigenvalue weighted by Crippen LogP contribution is -2.41. The lowest BCUT2D eigenvalue weighted by atomic mass is 10.0. The van der Waals surface area contributed by atoms with E-state index in [-0.39, 0.29) is 6.29 Å². The Bertz CT molecular complexity index is 605. The largest absolute Gasteiger partial charge is 0.465 e. The molecule has 26 heavy (non-hydrogen) atoms. The molecule has 6 nitrogen and oxygen atoms in total. The number of hydrogen-bond acceptors (Lipinski definition) is 4. The van der Waals surface area contributed by atoms with Gasteiger partial charge in [-0.05, 0) is 37.2 Å². The maximum Gasteiger partial charge on any atom is 0.407 e. The van der Waals surface area contributed by atoms with Crippen LogP contribution in [0.25, 0.3) is 0 Å². The van der Waals surface area contributed by atoms with Gasteiger partial charge in [-0.1, -0.05) is 30.3 Å². The number of hydrogen-bond donors (Lipinski definition) is 1. The van der Waals surface area contributed by atoms with Crippen LogP contribution in [0.5, 0.6) is 0 Å². The molecule has 6 heteroatoms. The molecule has 3 atom stereocenters. The van der Waals surface area contributed by atoms with Gasteiger partial charge in [-0.15, -0.1) is 0 Å². The molecule has 3 aliphatic heterocycles. The highest BCUT2D eigenvalue weighted by atomic mass is 16.7. The third-order valence-electron chi connectivity index (χ3n) is 5.99. The summed E-state index contributed by atoms with van der Waals surface area (Å²) in [6.07, 6.45) is 3.14. The summed E-state index contributed by atoms with van der Waals surface area (Å²) in [4.78, 5) is 15.5. The van der Waals surface area contributed by atoms with Crippen molar-refractivity contribution in [2.24, 2.45) is 5.92 Å². The van der Waals surface area contributed by atoms with E-state index in [2.05, 4.69) is 29.2 Å². The Labute approximate surface area is 154 Å². The molecule has 3 heterocycles. The van der Waals surface area contributed by atoms with E-state index >= 15 is 0 Å². The standard InChI is InChI=1S/C20H28N2O4/c23-20(24)21-13-16-11-17(7-8-19-25-9-4-10-26-19)22(18(16)14-21)12-15-5-2-1-3-6-15/h1-3,5-6,16-19H,4,7-14H2,(H,23,24). The molecule has 1 aromatic carbocycles. The van der Waals surface area contributed by atoms with Crippen LogP contribution in [0.4, 0.5) is 4.79 Å². The molecule has 3 saturated heterocycles. The first kappa shape index (κ1) is 17.8. The van der Waals surface area contributed by atoms with E-state index in [1.807, 2.05) is 6.07 Å². The highest BCUT2D eigenvalue weighted by Crippen LogP contribution is 2.38. The van der Waals surface area contributed by atoms with E-state index in [4.69, 9.17) is 9.47 Å². The number of benzene rings is 1. The van der Waals surface area contributed by atoms with Crippen LogP contribution >= 0.6 is 0 Å². The summed E-state index contributed by atoms with van der Waals surface area (Å²) in [5.41, 5.74) is 1.29. The van der Waals surface area contributed by atoms with Crippen molar-refractivity contribution in [3.05, 3.63) is 35.9 Å². The van der Waals surface area contributed by atoms with Crippen LogP contribution in [0.3, 0.4) is 0 Å². The van der Waals surface area contributed by atoms with Crippen molar-refractivity contribution in [2.45, 2.75) is 50.6 Å². The third kappa shape index (κ3) is 3.87. The average molecular weight is 360 g/mol. The van der Waals surface area contributed by atoms with Crippen LogP contribution in [-0.4, -0.2) is 65.7 Å². The molecule has 0 saturated carbocycles. The van der Waals surface area contributed by atoms with Gasteiger partial charge in [-0.25, -0.2) is 4.79 Å². The Kier molecular flexibility index (Phi) is 5.43. The van der Waals surface area contributed by atoms with Gasteiger partial charge in [-0.3, -0.25) is 4.90 Å². The van der Waals surface area contributed by atoms with Gasteiger partial charge >= 0.3 is 6.09 Å². The van der Waals surface area contributed by atoms with E-state index < -0.39 is 6.09 Å². The molecule has 0 radical (unpaired) electrons. The first-order valence-corrected chi connectivity index (χ1v) is 9.71. The molecule has 1 aromatic rings. The second-order valence-electron chi connectivity index (χ2n) is 7.66. The fourth-order valence-electron chi connectivity index (χ4n) is 4.73. The van der Waals surface area contributed by atoms with E-state index in [1.54, 1.807) is 4.90 Å². The number of likely N-dealkylation sites (tertiary alicyclic amines) is 2. The molecule has 3 fully saturated rings. The molecule has 0 aromatic heterocycles. The molecule has 4 rings (SSSR count). The first-order chi connectivity index (χ1) is 12.7. The van der Waals surface area contributed by atoms with Gasteiger partial charge in [0.05, 0.1) is 13.2 Å². The maximum atomic E-state index is 11.4. The van der Waals surface area contributed by atoms with Crippen molar-refractivity contribution in [3.8, 4) is 0 Å². The number of carbonyl (C=O) groups is 1. The van der Waals surface area contributed by atoms with E-state index in [9.17, 15) is 9.90 Å². The van der Waals surface area contributed by atoms with Crippen molar-refractivity contribution in [2.75, 3.05) is 26.3 Å². The quantitative estimate of drug-likeness (QED) is 0.875. The second kappa shape index (κ2) is 7.94. The summed E-state index contributed by atoms with van der Waals surface area (Å²) in [5, 5.41) is 9.36. The minimum absolute atomic E-state index is 0.0710. The van der Waals surface area contributed by atoms with Crippen molar-refractivity contribution in [3.63, 3.8) is 0 Å². The first-order valence-electron chi connectivity index (χ1n) is 9.71. The Morgan fingerprint density at radius 1 is 1.12 bits per heavy atom. The predicted molar refractivity (Wildman–Crippen MR) is 96.8 cm³/mol. The van der Waals surface area contributed by atoms with Gasteiger partial charge in [-0.2, -0.15) is 0 Å². The number of fused-ring (bicyclic) bond motifs is 1. The monoisotopic (exact) mass is 360 g/mol. The van der Waals surface area contributed by atoms with Crippen LogP contribution < -0.4 is 0 Å². The lowest BCUT2D eigenvalue weighted by molar-refractivity contribution is -0.182. The van der Waals surface area contributed by atoms with Crippen LogP contribution in [0.2, 0.25) is 0 Å². The molecule has 0 aliphatic carbocycles. The summed E-state index contributed by atoms with van der Waals surface area (Å²) in [5.74, 6) is 0.438. The molecular formula is C20H28N2O4. The molecule has 1 amide bonds. The zero-order chi connectivity index (χ0) is 17.9. The normalized spacial score (nSPS) is 29.8. The topological polar surface area (TPSA) is 62.2 Å². The summed E-state index contributed by atoms with van der Waals surface area (Å²) < 4.78 is 11.4. The van der Waals surface area contributed by atoms with Crippen LogP contribution in [0, 0.1) is 5.92 Å². The third-order valence-corrected chi connectivity index (χ3v) is 5.99. The van der Waals surface area contributed by atoms with Gasteiger partial charge in [0.1, 0.15) is 0 Å². The van der Waals surface area contributed by atoms with Gasteiger partial charge < -0.3 is 19.5 Å². The Morgan fingerprint density at radius 3 is 2.62 bits per heavy atom. The lowest BCUT2D eigenvalue weighted by Gasteiger charge is -2.32. The minimum atomic E-state index is -0.792. The number of rotatable bonds is 5. The minimum Gasteiger partial charge on any atom is -0.465 e. The van der Waals surface area contributed by atoms with E-state index in [0.29, 0.717) is 31.1 Å². The second-order valence-corrected chi connectivity index (χ2v) is 7.66. The van der Waals surface area contributed by atoms with Crippen molar-refractivity contribution < 1.29 is 19.4 Å². The van der Waals surface area contributed by atoms with Gasteiger partial charge in [0.15, 0.2) is 6.29 Å². The maximum absolute atomic E-state index is 11.4. The predicted octanol–water partition coefficient (Wildman–Crippen LogP) is 2.78. The van der Waals surface area contributed by atoms with E-state index in [0.717, 1.165) is 45.4 Å². The highest BCUT2D eigenvalue weighted by Gasteiger charge is 2.47. The van der Waals surface area contributed by atoms with Crippen molar-refractivity contribution >= 4 is 6.09 Å². The number of amides is 1. The molecule has 3 unspecified atom stereocenters. The van der Waals surface area contributed by atoms with Crippen LogP contribution in [0.15, 0.2) is 30.3 Å². The SMILES string of the molecule is O=C(O)N1CC2CC(CCC3OCCCO3)N(Cc3ccccc3)C2C1. The average Bonchev–Trinajstić information content (AvgIpc) is 3.21. The smallest absolute Gasteiger partial charge is 0.407 e. The molecule has 1 N–H and O–H groups in total. The van der Waals surface area contributed by atoms with Crippen LogP contribution in [-0.2, 0) is 16.0 Å². The Morgan fingerprint density at radius 2 is 1.88 bits per heavy atom. The summed E-state index contributed by atoms with van der Waals surface area (Å²) in [6.45, 7) is 3.76. The summed E-state index contributed by atoms with van der Waals surface area (Å²) in [7, 11) is 0.